The van der Waals surface area contributed by atoms with Gasteiger partial charge in [0, 0.05) is 31.7 Å². The minimum atomic E-state index is -0.197. The van der Waals surface area contributed by atoms with Crippen molar-refractivity contribution in [3.63, 3.8) is 0 Å². The molecule has 2 aromatic rings. The molecule has 0 aromatic carbocycles. The van der Waals surface area contributed by atoms with E-state index in [1.165, 1.54) is 0 Å². The number of amides is 1. The van der Waals surface area contributed by atoms with Crippen LogP contribution in [0.2, 0.25) is 5.02 Å². The fraction of sp³-hybridized carbons (Fsp3) is 0.182. The molecule has 0 spiro atoms. The number of aromatic amines is 1. The number of carbonyl (C=O) groups excluding carboxylic acids is 1. The standard InChI is InChI=1S/C11H12ClN5O/c12-8-6-9(17-7-8)10(18)13-4-5-16-11-14-2-1-3-15-11/h1-3,6-7,17H,4-5H2,(H,13,18)(H,14,15,16). The smallest absolute Gasteiger partial charge is 0.267 e. The lowest BCUT2D eigenvalue weighted by atomic mass is 10.4. The van der Waals surface area contributed by atoms with E-state index in [2.05, 4.69) is 25.6 Å². The summed E-state index contributed by atoms with van der Waals surface area (Å²) in [6, 6.07) is 3.31. The first-order chi connectivity index (χ1) is 8.75. The first-order valence-corrected chi connectivity index (χ1v) is 5.76. The molecule has 3 N–H and O–H groups in total. The zero-order chi connectivity index (χ0) is 12.8. The van der Waals surface area contributed by atoms with E-state index >= 15 is 0 Å². The second kappa shape index (κ2) is 6.02. The van der Waals surface area contributed by atoms with Crippen molar-refractivity contribution in [2.24, 2.45) is 0 Å². The van der Waals surface area contributed by atoms with Gasteiger partial charge in [-0.1, -0.05) is 11.6 Å². The van der Waals surface area contributed by atoms with Gasteiger partial charge in [-0.05, 0) is 12.1 Å². The Kier molecular flexibility index (Phi) is 4.14. The molecule has 6 nitrogen and oxygen atoms in total. The highest BCUT2D eigenvalue weighted by atomic mass is 35.5. The number of carbonyl (C=O) groups is 1. The molecule has 0 saturated heterocycles. The van der Waals surface area contributed by atoms with Crippen molar-refractivity contribution in [1.82, 2.24) is 20.3 Å². The highest BCUT2D eigenvalue weighted by molar-refractivity contribution is 6.30. The molecule has 7 heteroatoms. The van der Waals surface area contributed by atoms with Crippen LogP contribution in [0.25, 0.3) is 0 Å². The molecule has 1 amide bonds. The molecule has 2 heterocycles. The van der Waals surface area contributed by atoms with Gasteiger partial charge in [0.2, 0.25) is 5.95 Å². The maximum Gasteiger partial charge on any atom is 0.267 e. The topological polar surface area (TPSA) is 82.7 Å². The van der Waals surface area contributed by atoms with Gasteiger partial charge < -0.3 is 15.6 Å². The van der Waals surface area contributed by atoms with Gasteiger partial charge in [0.25, 0.3) is 5.91 Å². The van der Waals surface area contributed by atoms with E-state index < -0.39 is 0 Å². The molecule has 2 aromatic heterocycles. The number of nitrogens with one attached hydrogen (secondary N) is 3. The van der Waals surface area contributed by atoms with Crippen molar-refractivity contribution < 1.29 is 4.79 Å². The quantitative estimate of drug-likeness (QED) is 0.712. The molecule has 0 fully saturated rings. The fourth-order valence-electron chi connectivity index (χ4n) is 1.33. The molecular formula is C11H12ClN5O. The van der Waals surface area contributed by atoms with Crippen molar-refractivity contribution in [2.75, 3.05) is 18.4 Å². The first kappa shape index (κ1) is 12.4. The largest absolute Gasteiger partial charge is 0.356 e. The maximum absolute atomic E-state index is 11.6. The average molecular weight is 266 g/mol. The molecule has 18 heavy (non-hydrogen) atoms. The molecule has 0 aliphatic heterocycles. The summed E-state index contributed by atoms with van der Waals surface area (Å²) in [5, 5.41) is 6.23. The van der Waals surface area contributed by atoms with Gasteiger partial charge in [-0.25, -0.2) is 9.97 Å². The van der Waals surface area contributed by atoms with E-state index in [9.17, 15) is 4.79 Å². The lowest BCUT2D eigenvalue weighted by molar-refractivity contribution is 0.0951. The van der Waals surface area contributed by atoms with Crippen molar-refractivity contribution in [3.8, 4) is 0 Å². The molecule has 0 atom stereocenters. The normalized spacial score (nSPS) is 10.1. The van der Waals surface area contributed by atoms with Crippen molar-refractivity contribution >= 4 is 23.5 Å². The Labute approximate surface area is 109 Å². The Balaban J connectivity index is 1.71. The molecule has 94 valence electrons. The summed E-state index contributed by atoms with van der Waals surface area (Å²) in [5.74, 6) is 0.340. The van der Waals surface area contributed by atoms with Gasteiger partial charge in [-0.2, -0.15) is 0 Å². The fourth-order valence-corrected chi connectivity index (χ4v) is 1.50. The Morgan fingerprint density at radius 3 is 2.78 bits per heavy atom. The molecule has 0 aliphatic carbocycles. The van der Waals surface area contributed by atoms with Crippen LogP contribution in [0.1, 0.15) is 10.5 Å². The number of hydrogen-bond donors (Lipinski definition) is 3. The molecule has 0 radical (unpaired) electrons. The molecule has 0 bridgehead atoms. The molecule has 2 rings (SSSR count). The Bertz CT molecular complexity index is 513. The summed E-state index contributed by atoms with van der Waals surface area (Å²) < 4.78 is 0. The minimum Gasteiger partial charge on any atom is -0.356 e. The van der Waals surface area contributed by atoms with E-state index in [0.29, 0.717) is 29.8 Å². The van der Waals surface area contributed by atoms with Crippen LogP contribution in [0.3, 0.4) is 0 Å². The van der Waals surface area contributed by atoms with Crippen LogP contribution >= 0.6 is 11.6 Å². The highest BCUT2D eigenvalue weighted by Crippen LogP contribution is 2.08. The van der Waals surface area contributed by atoms with E-state index in [0.717, 1.165) is 0 Å². The average Bonchev–Trinajstić information content (AvgIpc) is 2.82. The van der Waals surface area contributed by atoms with Crippen molar-refractivity contribution in [3.05, 3.63) is 41.4 Å². The van der Waals surface area contributed by atoms with Gasteiger partial charge in [-0.15, -0.1) is 0 Å². The third kappa shape index (κ3) is 3.46. The molecular weight excluding hydrogens is 254 g/mol. The lowest BCUT2D eigenvalue weighted by Gasteiger charge is -2.05. The number of rotatable bonds is 5. The summed E-state index contributed by atoms with van der Waals surface area (Å²) in [6.45, 7) is 1.01. The third-order valence-electron chi connectivity index (χ3n) is 2.15. The lowest BCUT2D eigenvalue weighted by Crippen LogP contribution is -2.29. The second-order valence-electron chi connectivity index (χ2n) is 3.49. The van der Waals surface area contributed by atoms with Crippen LogP contribution in [0.4, 0.5) is 5.95 Å². The third-order valence-corrected chi connectivity index (χ3v) is 2.37. The Morgan fingerprint density at radius 1 is 1.33 bits per heavy atom. The zero-order valence-electron chi connectivity index (χ0n) is 9.48. The van der Waals surface area contributed by atoms with E-state index in [-0.39, 0.29) is 5.91 Å². The van der Waals surface area contributed by atoms with Gasteiger partial charge in [0.05, 0.1) is 5.02 Å². The summed E-state index contributed by atoms with van der Waals surface area (Å²) in [7, 11) is 0. The van der Waals surface area contributed by atoms with Crippen LogP contribution < -0.4 is 10.6 Å². The summed E-state index contributed by atoms with van der Waals surface area (Å²) in [5.41, 5.74) is 0.441. The van der Waals surface area contributed by atoms with Crippen LogP contribution in [0.5, 0.6) is 0 Å². The number of aromatic nitrogens is 3. The van der Waals surface area contributed by atoms with Crippen LogP contribution in [0.15, 0.2) is 30.7 Å². The summed E-state index contributed by atoms with van der Waals surface area (Å²) >= 11 is 5.71. The van der Waals surface area contributed by atoms with Crippen molar-refractivity contribution in [1.29, 1.82) is 0 Å². The number of anilines is 1. The van der Waals surface area contributed by atoms with Gasteiger partial charge in [0.15, 0.2) is 0 Å². The van der Waals surface area contributed by atoms with E-state index in [4.69, 9.17) is 11.6 Å². The predicted octanol–water partition coefficient (Wildman–Crippen LogP) is 1.30. The van der Waals surface area contributed by atoms with Gasteiger partial charge in [0.1, 0.15) is 5.69 Å². The minimum absolute atomic E-state index is 0.197. The Hall–Kier alpha value is -2.08. The van der Waals surface area contributed by atoms with Gasteiger partial charge in [-0.3, -0.25) is 4.79 Å². The summed E-state index contributed by atoms with van der Waals surface area (Å²) in [6.07, 6.45) is 4.86. The number of halogens is 1. The van der Waals surface area contributed by atoms with E-state index in [1.807, 2.05) is 0 Å². The maximum atomic E-state index is 11.6. The van der Waals surface area contributed by atoms with Gasteiger partial charge >= 0.3 is 0 Å². The Morgan fingerprint density at radius 2 is 2.11 bits per heavy atom. The number of nitrogens with zero attached hydrogens (tertiary/aromatic N) is 2. The predicted molar refractivity (Wildman–Crippen MR) is 68.7 cm³/mol. The van der Waals surface area contributed by atoms with Crippen LogP contribution in [0, 0.1) is 0 Å². The van der Waals surface area contributed by atoms with Crippen LogP contribution in [-0.2, 0) is 0 Å². The summed E-state index contributed by atoms with van der Waals surface area (Å²) in [4.78, 5) is 22.4. The number of H-pyrrole nitrogens is 1. The second-order valence-corrected chi connectivity index (χ2v) is 3.92. The zero-order valence-corrected chi connectivity index (χ0v) is 10.2. The SMILES string of the molecule is O=C(NCCNc1ncccn1)c1cc(Cl)c[nH]1. The molecule has 0 aliphatic rings. The highest BCUT2D eigenvalue weighted by Gasteiger charge is 2.06. The molecule has 0 unspecified atom stereocenters. The molecule has 0 saturated carbocycles. The van der Waals surface area contributed by atoms with Crippen molar-refractivity contribution in [2.45, 2.75) is 0 Å². The number of hydrogen-bond acceptors (Lipinski definition) is 4. The first-order valence-electron chi connectivity index (χ1n) is 5.39. The van der Waals surface area contributed by atoms with Crippen LogP contribution in [-0.4, -0.2) is 33.9 Å². The monoisotopic (exact) mass is 265 g/mol. The van der Waals surface area contributed by atoms with E-state index in [1.54, 1.807) is 30.7 Å².